The van der Waals surface area contributed by atoms with Crippen LogP contribution in [0.1, 0.15) is 44.7 Å². The van der Waals surface area contributed by atoms with E-state index in [0.29, 0.717) is 13.0 Å². The maximum atomic E-state index is 11.2. The third kappa shape index (κ3) is 3.55. The molecule has 0 unspecified atom stereocenters. The fraction of sp³-hybridized carbons (Fsp3) is 0.391. The fourth-order valence-corrected chi connectivity index (χ4v) is 5.03. The Balaban J connectivity index is 1.88. The zero-order valence-electron chi connectivity index (χ0n) is 17.2. The van der Waals surface area contributed by atoms with Crippen LogP contribution in [0.3, 0.4) is 0 Å². The topological polar surface area (TPSA) is 62.1 Å². The first kappa shape index (κ1) is 20.0. The maximum Gasteiger partial charge on any atom is 0.265 e. The van der Waals surface area contributed by atoms with E-state index < -0.39 is 10.1 Å². The number of hydrogen-bond acceptors (Lipinski definition) is 2. The smallest absolute Gasteiger partial charge is 0.265 e. The van der Waals surface area contributed by atoms with Crippen molar-refractivity contribution in [2.45, 2.75) is 52.1 Å². The summed E-state index contributed by atoms with van der Waals surface area (Å²) in [6, 6.07) is 10.5. The summed E-state index contributed by atoms with van der Waals surface area (Å²) in [5.74, 6) is -0.230. The van der Waals surface area contributed by atoms with E-state index in [1.165, 1.54) is 27.6 Å². The number of fused-ring (bicyclic) bond motifs is 5. The van der Waals surface area contributed by atoms with E-state index in [1.807, 2.05) is 6.07 Å². The molecule has 4 rings (SSSR count). The Morgan fingerprint density at radius 2 is 1.79 bits per heavy atom. The van der Waals surface area contributed by atoms with Gasteiger partial charge in [-0.15, -0.1) is 0 Å². The Labute approximate surface area is 172 Å². The number of pyridine rings is 2. The van der Waals surface area contributed by atoms with Crippen LogP contribution in [0.25, 0.3) is 22.0 Å². The summed E-state index contributed by atoms with van der Waals surface area (Å²) in [5, 5.41) is 1.18. The van der Waals surface area contributed by atoms with Crippen LogP contribution in [0.15, 0.2) is 48.9 Å². The molecule has 0 bridgehead atoms. The number of aryl methyl sites for hydroxylation is 2. The van der Waals surface area contributed by atoms with Crippen molar-refractivity contribution in [2.24, 2.45) is 0 Å². The third-order valence-electron chi connectivity index (χ3n) is 5.95. The second kappa shape index (κ2) is 7.18. The van der Waals surface area contributed by atoms with Gasteiger partial charge in [-0.3, -0.25) is 4.55 Å². The highest BCUT2D eigenvalue weighted by atomic mass is 32.2. The van der Waals surface area contributed by atoms with Crippen LogP contribution in [0.5, 0.6) is 0 Å². The second-order valence-electron chi connectivity index (χ2n) is 8.40. The molecule has 6 heteroatoms. The molecule has 0 spiro atoms. The lowest BCUT2D eigenvalue weighted by Gasteiger charge is -2.19. The van der Waals surface area contributed by atoms with Crippen molar-refractivity contribution in [3.8, 4) is 11.1 Å². The number of hydrogen-bond donors (Lipinski definition) is 1. The Hall–Kier alpha value is -2.31. The van der Waals surface area contributed by atoms with Crippen LogP contribution >= 0.6 is 0 Å². The van der Waals surface area contributed by atoms with Gasteiger partial charge in [0.15, 0.2) is 18.6 Å². The highest BCUT2D eigenvalue weighted by molar-refractivity contribution is 7.85. The van der Waals surface area contributed by atoms with Gasteiger partial charge in [0.2, 0.25) is 5.52 Å². The molecular formula is C23H28N2O3S+2. The lowest BCUT2D eigenvalue weighted by atomic mass is 9.83. The molecule has 1 N–H and O–H groups in total. The van der Waals surface area contributed by atoms with E-state index in [-0.39, 0.29) is 11.2 Å². The van der Waals surface area contributed by atoms with Crippen molar-refractivity contribution >= 4 is 21.0 Å². The van der Waals surface area contributed by atoms with Gasteiger partial charge in [0.1, 0.15) is 13.1 Å². The molecule has 29 heavy (non-hydrogen) atoms. The maximum absolute atomic E-state index is 11.2. The van der Waals surface area contributed by atoms with Gasteiger partial charge in [0.25, 0.3) is 10.1 Å². The minimum atomic E-state index is -3.95. The molecule has 0 saturated heterocycles. The second-order valence-corrected chi connectivity index (χ2v) is 9.98. The van der Waals surface area contributed by atoms with Crippen LogP contribution in [0.2, 0.25) is 0 Å². The van der Waals surface area contributed by atoms with Crippen molar-refractivity contribution in [1.82, 2.24) is 0 Å². The van der Waals surface area contributed by atoms with E-state index in [2.05, 4.69) is 72.8 Å². The molecule has 2 aromatic heterocycles. The zero-order chi connectivity index (χ0) is 20.8. The van der Waals surface area contributed by atoms with E-state index in [0.717, 1.165) is 18.5 Å². The van der Waals surface area contributed by atoms with Crippen LogP contribution in [0.4, 0.5) is 0 Å². The van der Waals surface area contributed by atoms with Gasteiger partial charge in [-0.2, -0.15) is 13.0 Å². The summed E-state index contributed by atoms with van der Waals surface area (Å²) in [7, 11) is -3.95. The molecule has 1 aliphatic rings. The lowest BCUT2D eigenvalue weighted by molar-refractivity contribution is -0.697. The fourth-order valence-electron chi connectivity index (χ4n) is 4.53. The first-order valence-electron chi connectivity index (χ1n) is 10.2. The number of aromatic nitrogens is 2. The van der Waals surface area contributed by atoms with Crippen molar-refractivity contribution in [2.75, 3.05) is 5.75 Å². The average molecular weight is 413 g/mol. The average Bonchev–Trinajstić information content (AvgIpc) is 2.88. The molecule has 152 valence electrons. The minimum Gasteiger partial charge on any atom is -0.286 e. The van der Waals surface area contributed by atoms with Gasteiger partial charge < -0.3 is 0 Å². The summed E-state index contributed by atoms with van der Waals surface area (Å²) < 4.78 is 35.8. The molecule has 0 aliphatic heterocycles. The van der Waals surface area contributed by atoms with Gasteiger partial charge >= 0.3 is 0 Å². The molecule has 3 aromatic rings. The molecule has 0 radical (unpaired) electrons. The lowest BCUT2D eigenvalue weighted by Crippen LogP contribution is -2.37. The van der Waals surface area contributed by atoms with Gasteiger partial charge in [0.05, 0.1) is 11.1 Å². The molecule has 0 saturated carbocycles. The van der Waals surface area contributed by atoms with Crippen molar-refractivity contribution in [3.05, 3.63) is 60.0 Å². The van der Waals surface area contributed by atoms with Crippen LogP contribution < -0.4 is 9.13 Å². The molecule has 2 heterocycles. The molecule has 0 atom stereocenters. The molecule has 1 aliphatic carbocycles. The predicted octanol–water partition coefficient (Wildman–Crippen LogP) is 3.41. The zero-order valence-corrected chi connectivity index (χ0v) is 18.0. The monoisotopic (exact) mass is 412 g/mol. The first-order chi connectivity index (χ1) is 13.7. The summed E-state index contributed by atoms with van der Waals surface area (Å²) >= 11 is 0. The van der Waals surface area contributed by atoms with Gasteiger partial charge in [0, 0.05) is 47.1 Å². The number of benzene rings is 1. The Bertz CT molecular complexity index is 1200. The van der Waals surface area contributed by atoms with Gasteiger partial charge in [-0.1, -0.05) is 32.9 Å². The van der Waals surface area contributed by atoms with E-state index in [4.69, 9.17) is 4.55 Å². The minimum absolute atomic E-state index is 0.143. The van der Waals surface area contributed by atoms with E-state index in [9.17, 15) is 8.42 Å². The van der Waals surface area contributed by atoms with E-state index in [1.54, 1.807) is 0 Å². The first-order valence-corrected chi connectivity index (χ1v) is 11.8. The Kier molecular flexibility index (Phi) is 4.95. The summed E-state index contributed by atoms with van der Waals surface area (Å²) in [6.07, 6.45) is 8.07. The molecule has 0 fully saturated rings. The van der Waals surface area contributed by atoms with Crippen molar-refractivity contribution in [1.29, 1.82) is 0 Å². The molecule has 0 amide bonds. The third-order valence-corrected chi connectivity index (χ3v) is 6.76. The van der Waals surface area contributed by atoms with Crippen LogP contribution in [0, 0.1) is 0 Å². The SMILES string of the molecule is CCC[n+]1ccc2c(c1)C(C)(C)c1c[n+](CCCS(=O)(=O)O)c3ccccc3c1-2. The molecular weight excluding hydrogens is 384 g/mol. The summed E-state index contributed by atoms with van der Waals surface area (Å²) in [6.45, 7) is 8.23. The molecule has 5 nitrogen and oxygen atoms in total. The number of para-hydroxylation sites is 1. The normalized spacial score (nSPS) is 14.8. The summed E-state index contributed by atoms with van der Waals surface area (Å²) in [4.78, 5) is 0. The standard InChI is InChI=1S/C23H27N2O3S/c1-4-11-24-13-10-17-19(15-24)23(2,3)20-16-25(12-7-14-29(26,27)28)21-9-6-5-8-18(21)22(17)20/h5-6,8-10,13,15-16H,4,7,11-12,14H2,1-3H3/q+1/p+1. The van der Waals surface area contributed by atoms with Crippen LogP contribution in [-0.2, 0) is 28.6 Å². The van der Waals surface area contributed by atoms with Crippen molar-refractivity contribution in [3.63, 3.8) is 0 Å². The number of nitrogens with zero attached hydrogens (tertiary/aromatic N) is 2. The number of rotatable bonds is 6. The Morgan fingerprint density at radius 3 is 2.52 bits per heavy atom. The largest absolute Gasteiger partial charge is 0.286 e. The van der Waals surface area contributed by atoms with E-state index >= 15 is 0 Å². The predicted molar refractivity (Wildman–Crippen MR) is 113 cm³/mol. The summed E-state index contributed by atoms with van der Waals surface area (Å²) in [5.41, 5.74) is 6.07. The molecule has 1 aromatic carbocycles. The highest BCUT2D eigenvalue weighted by Crippen LogP contribution is 2.49. The quantitative estimate of drug-likeness (QED) is 0.499. The van der Waals surface area contributed by atoms with Crippen LogP contribution in [-0.4, -0.2) is 18.7 Å². The van der Waals surface area contributed by atoms with Gasteiger partial charge in [-0.05, 0) is 11.6 Å². The van der Waals surface area contributed by atoms with Gasteiger partial charge in [-0.25, -0.2) is 4.57 Å². The Morgan fingerprint density at radius 1 is 1.03 bits per heavy atom. The van der Waals surface area contributed by atoms with Crippen molar-refractivity contribution < 1.29 is 22.1 Å². The highest BCUT2D eigenvalue weighted by Gasteiger charge is 2.41.